The van der Waals surface area contributed by atoms with E-state index >= 15 is 0 Å². The number of hydrogen-bond donors (Lipinski definition) is 0. The van der Waals surface area contributed by atoms with E-state index < -0.39 is 0 Å². The van der Waals surface area contributed by atoms with Gasteiger partial charge in [0.05, 0.1) is 0 Å². The maximum atomic E-state index is 5.20. The van der Waals surface area contributed by atoms with Gasteiger partial charge in [-0.1, -0.05) is 146 Å². The fourth-order valence-corrected chi connectivity index (χ4v) is 10.9. The molecule has 3 nitrogen and oxygen atoms in total. The number of aromatic nitrogens is 3. The zero-order valence-electron chi connectivity index (χ0n) is 29.9. The van der Waals surface area contributed by atoms with E-state index in [1.54, 1.807) is 11.3 Å². The van der Waals surface area contributed by atoms with Crippen molar-refractivity contribution in [2.24, 2.45) is 0 Å². The van der Waals surface area contributed by atoms with E-state index in [-0.39, 0.29) is 0 Å². The first-order chi connectivity index (χ1) is 27.7. The van der Waals surface area contributed by atoms with Gasteiger partial charge in [-0.2, -0.15) is 0 Å². The molecule has 0 radical (unpaired) electrons. The van der Waals surface area contributed by atoms with Gasteiger partial charge in [0.2, 0.25) is 0 Å². The largest absolute Gasteiger partial charge is 0.208 e. The molecule has 0 spiro atoms. The first-order valence-corrected chi connectivity index (χ1v) is 20.4. The lowest BCUT2D eigenvalue weighted by Gasteiger charge is -2.12. The van der Waals surface area contributed by atoms with Gasteiger partial charge in [0.15, 0.2) is 17.5 Å². The predicted molar refractivity (Wildman–Crippen MR) is 240 cm³/mol. The first-order valence-electron chi connectivity index (χ1n) is 18.8. The van der Waals surface area contributed by atoms with Gasteiger partial charge in [-0.25, -0.2) is 15.0 Å². The zero-order valence-corrected chi connectivity index (χ0v) is 31.5. The number of rotatable bonds is 4. The molecule has 9 aromatic carbocycles. The van der Waals surface area contributed by atoms with E-state index in [9.17, 15) is 0 Å². The molecule has 0 saturated heterocycles. The molecule has 0 aliphatic carbocycles. The topological polar surface area (TPSA) is 38.7 Å². The maximum absolute atomic E-state index is 5.20. The highest BCUT2D eigenvalue weighted by Crippen LogP contribution is 2.47. The van der Waals surface area contributed by atoms with Crippen molar-refractivity contribution in [2.75, 3.05) is 0 Å². The normalized spacial score (nSPS) is 11.9. The summed E-state index contributed by atoms with van der Waals surface area (Å²) in [4.78, 5) is 15.4. The minimum atomic E-state index is 0.652. The Labute approximate surface area is 329 Å². The van der Waals surface area contributed by atoms with Crippen LogP contribution < -0.4 is 0 Å². The smallest absolute Gasteiger partial charge is 0.164 e. The van der Waals surface area contributed by atoms with Crippen LogP contribution in [0.1, 0.15) is 0 Å². The van der Waals surface area contributed by atoms with E-state index in [1.807, 2.05) is 29.5 Å². The Morgan fingerprint density at radius 3 is 1.75 bits per heavy atom. The van der Waals surface area contributed by atoms with Crippen molar-refractivity contribution in [3.05, 3.63) is 176 Å². The maximum Gasteiger partial charge on any atom is 0.164 e. The predicted octanol–water partition coefficient (Wildman–Crippen LogP) is 14.7. The first kappa shape index (κ1) is 31.5. The summed E-state index contributed by atoms with van der Waals surface area (Å²) in [6.07, 6.45) is 0. The highest BCUT2D eigenvalue weighted by Gasteiger charge is 2.19. The number of benzene rings is 9. The Balaban J connectivity index is 1.06. The van der Waals surface area contributed by atoms with Gasteiger partial charge in [0.1, 0.15) is 0 Å². The molecule has 0 amide bonds. The Kier molecular flexibility index (Phi) is 6.97. The zero-order chi connectivity index (χ0) is 36.7. The molecular formula is C51H29N3S2. The molecule has 12 rings (SSSR count). The molecule has 56 heavy (non-hydrogen) atoms. The van der Waals surface area contributed by atoms with Crippen LogP contribution in [0.3, 0.4) is 0 Å². The van der Waals surface area contributed by atoms with Crippen LogP contribution in [0.4, 0.5) is 0 Å². The van der Waals surface area contributed by atoms with Crippen LogP contribution in [-0.4, -0.2) is 15.0 Å². The van der Waals surface area contributed by atoms with Crippen molar-refractivity contribution < 1.29 is 0 Å². The summed E-state index contributed by atoms with van der Waals surface area (Å²) in [5, 5.41) is 12.6. The second-order valence-electron chi connectivity index (χ2n) is 14.3. The molecule has 0 bridgehead atoms. The van der Waals surface area contributed by atoms with E-state index in [0.717, 1.165) is 22.3 Å². The Hall–Kier alpha value is -6.79. The number of fused-ring (bicyclic) bond motifs is 11. The average molecular weight is 748 g/mol. The van der Waals surface area contributed by atoms with Gasteiger partial charge in [0, 0.05) is 62.4 Å². The molecule has 260 valence electrons. The van der Waals surface area contributed by atoms with Gasteiger partial charge in [-0.05, 0) is 68.4 Å². The van der Waals surface area contributed by atoms with Gasteiger partial charge >= 0.3 is 0 Å². The van der Waals surface area contributed by atoms with Gasteiger partial charge in [0.25, 0.3) is 0 Å². The molecule has 0 unspecified atom stereocenters. The van der Waals surface area contributed by atoms with Crippen LogP contribution in [0, 0.1) is 0 Å². The highest BCUT2D eigenvalue weighted by molar-refractivity contribution is 7.27. The van der Waals surface area contributed by atoms with Crippen molar-refractivity contribution in [3.8, 4) is 45.3 Å². The Morgan fingerprint density at radius 2 is 0.929 bits per heavy atom. The third kappa shape index (κ3) is 4.92. The Bertz CT molecular complexity index is 3530. The fourth-order valence-electron chi connectivity index (χ4n) is 8.45. The number of thiophene rings is 2. The minimum Gasteiger partial charge on any atom is -0.208 e. The molecule has 0 N–H and O–H groups in total. The summed E-state index contributed by atoms with van der Waals surface area (Å²) in [7, 11) is 0. The van der Waals surface area contributed by atoms with Crippen molar-refractivity contribution in [1.29, 1.82) is 0 Å². The highest BCUT2D eigenvalue weighted by atomic mass is 32.1. The molecular weight excluding hydrogens is 719 g/mol. The summed E-state index contributed by atoms with van der Waals surface area (Å²) in [6.45, 7) is 0. The van der Waals surface area contributed by atoms with Gasteiger partial charge < -0.3 is 0 Å². The van der Waals surface area contributed by atoms with E-state index in [4.69, 9.17) is 15.0 Å². The van der Waals surface area contributed by atoms with Crippen molar-refractivity contribution >= 4 is 95.3 Å². The van der Waals surface area contributed by atoms with Gasteiger partial charge in [-0.3, -0.25) is 0 Å². The molecule has 0 saturated carbocycles. The lowest BCUT2D eigenvalue weighted by Crippen LogP contribution is -2.00. The molecule has 3 aromatic heterocycles. The lowest BCUT2D eigenvalue weighted by atomic mass is 9.92. The van der Waals surface area contributed by atoms with Crippen LogP contribution in [0.15, 0.2) is 176 Å². The SMILES string of the molecule is c1ccc(-c2nc(-c3ccc(-c4cc5ccc6ccccc6c5c5sc6cc7ccccc7cc6c45)cc3)nc(-c3cccc4sc5ccccc5c34)n2)cc1. The monoisotopic (exact) mass is 747 g/mol. The minimum absolute atomic E-state index is 0.652. The fraction of sp³-hybridized carbons (Fsp3) is 0. The van der Waals surface area contributed by atoms with Crippen LogP contribution >= 0.6 is 22.7 Å². The second kappa shape index (κ2) is 12.4. The average Bonchev–Trinajstić information content (AvgIpc) is 3.84. The standard InChI is InChI=1S/C51H29N3S2/c1-2-12-32(13-3-1)49-52-50(54-51(53-49)39-18-10-20-43-46(39)38-17-8-9-19-42(38)55-43)33-24-21-31(22-25-33)40-28-36-26-23-30-11-6-7-16-37(30)45(36)48-47(40)41-27-34-14-4-5-15-35(34)29-44(41)56-48/h1-29H. The summed E-state index contributed by atoms with van der Waals surface area (Å²) < 4.78 is 5.11. The summed E-state index contributed by atoms with van der Waals surface area (Å²) in [5.41, 5.74) is 5.31. The summed E-state index contributed by atoms with van der Waals surface area (Å²) in [6, 6.07) is 63.2. The van der Waals surface area contributed by atoms with E-state index in [2.05, 4.69) is 158 Å². The van der Waals surface area contributed by atoms with Crippen LogP contribution in [0.5, 0.6) is 0 Å². The molecule has 0 fully saturated rings. The number of nitrogens with zero attached hydrogens (tertiary/aromatic N) is 3. The van der Waals surface area contributed by atoms with E-state index in [0.29, 0.717) is 17.5 Å². The third-order valence-electron chi connectivity index (χ3n) is 11.1. The second-order valence-corrected chi connectivity index (χ2v) is 16.5. The molecule has 12 aromatic rings. The van der Waals surface area contributed by atoms with Crippen molar-refractivity contribution in [2.45, 2.75) is 0 Å². The van der Waals surface area contributed by atoms with Crippen molar-refractivity contribution in [3.63, 3.8) is 0 Å². The quantitative estimate of drug-likeness (QED) is 0.168. The molecule has 0 aliphatic heterocycles. The molecule has 3 heterocycles. The molecule has 0 atom stereocenters. The molecule has 5 heteroatoms. The number of hydrogen-bond acceptors (Lipinski definition) is 5. The summed E-state index contributed by atoms with van der Waals surface area (Å²) in [5.74, 6) is 1.98. The van der Waals surface area contributed by atoms with Crippen LogP contribution in [0.2, 0.25) is 0 Å². The Morgan fingerprint density at radius 1 is 0.304 bits per heavy atom. The lowest BCUT2D eigenvalue weighted by molar-refractivity contribution is 1.08. The third-order valence-corrected chi connectivity index (χ3v) is 13.4. The van der Waals surface area contributed by atoms with Crippen molar-refractivity contribution in [1.82, 2.24) is 15.0 Å². The van der Waals surface area contributed by atoms with E-state index in [1.165, 1.54) is 78.2 Å². The summed E-state index contributed by atoms with van der Waals surface area (Å²) >= 11 is 3.71. The van der Waals surface area contributed by atoms with Crippen LogP contribution in [0.25, 0.3) is 118 Å². The van der Waals surface area contributed by atoms with Crippen LogP contribution in [-0.2, 0) is 0 Å². The molecule has 0 aliphatic rings. The van der Waals surface area contributed by atoms with Gasteiger partial charge in [-0.15, -0.1) is 22.7 Å².